The molecule has 0 bridgehead atoms. The smallest absolute Gasteiger partial charge is 0.0938 e. The van der Waals surface area contributed by atoms with E-state index in [1.807, 2.05) is 36.5 Å². The van der Waals surface area contributed by atoms with Gasteiger partial charge in [-0.3, -0.25) is 0 Å². The third kappa shape index (κ3) is 1.22. The SMILES string of the molecule is CC(O)c1nc2ccccc2c2[nH]ccc12. The quantitative estimate of drug-likeness (QED) is 0.651. The van der Waals surface area contributed by atoms with Crippen LogP contribution in [0.15, 0.2) is 36.5 Å². The first-order chi connectivity index (χ1) is 7.77. The number of aliphatic hydroxyl groups is 1. The third-order valence-corrected chi connectivity index (χ3v) is 2.83. The summed E-state index contributed by atoms with van der Waals surface area (Å²) in [5, 5.41) is 11.8. The minimum absolute atomic E-state index is 0.553. The van der Waals surface area contributed by atoms with Crippen molar-refractivity contribution >= 4 is 21.8 Å². The monoisotopic (exact) mass is 212 g/mol. The van der Waals surface area contributed by atoms with Crippen molar-refractivity contribution in [2.24, 2.45) is 0 Å². The molecule has 2 aromatic heterocycles. The van der Waals surface area contributed by atoms with E-state index in [1.165, 1.54) is 0 Å². The minimum Gasteiger partial charge on any atom is -0.387 e. The molecule has 3 aromatic rings. The zero-order valence-corrected chi connectivity index (χ0v) is 8.94. The number of aliphatic hydroxyl groups excluding tert-OH is 1. The summed E-state index contributed by atoms with van der Waals surface area (Å²) in [4.78, 5) is 7.71. The highest BCUT2D eigenvalue weighted by molar-refractivity contribution is 6.04. The van der Waals surface area contributed by atoms with Crippen LogP contribution in [-0.4, -0.2) is 15.1 Å². The Labute approximate surface area is 92.7 Å². The van der Waals surface area contributed by atoms with Gasteiger partial charge in [-0.2, -0.15) is 0 Å². The first-order valence-corrected chi connectivity index (χ1v) is 5.31. The summed E-state index contributed by atoms with van der Waals surface area (Å²) in [6.07, 6.45) is 1.33. The molecule has 0 amide bonds. The number of aromatic nitrogens is 2. The lowest BCUT2D eigenvalue weighted by atomic mass is 10.1. The lowest BCUT2D eigenvalue weighted by Crippen LogP contribution is -1.97. The van der Waals surface area contributed by atoms with Crippen LogP contribution < -0.4 is 0 Å². The van der Waals surface area contributed by atoms with E-state index in [-0.39, 0.29) is 0 Å². The number of hydrogen-bond acceptors (Lipinski definition) is 2. The largest absolute Gasteiger partial charge is 0.387 e. The molecule has 2 N–H and O–H groups in total. The fourth-order valence-corrected chi connectivity index (χ4v) is 2.10. The fraction of sp³-hybridized carbons (Fsp3) is 0.154. The van der Waals surface area contributed by atoms with Crippen molar-refractivity contribution in [1.29, 1.82) is 0 Å². The van der Waals surface area contributed by atoms with Crippen LogP contribution >= 0.6 is 0 Å². The van der Waals surface area contributed by atoms with Crippen molar-refractivity contribution in [3.05, 3.63) is 42.2 Å². The Morgan fingerprint density at radius 3 is 2.81 bits per heavy atom. The molecule has 16 heavy (non-hydrogen) atoms. The molecule has 1 atom stereocenters. The molecule has 80 valence electrons. The molecule has 0 saturated carbocycles. The molecule has 2 heterocycles. The van der Waals surface area contributed by atoms with Gasteiger partial charge in [0.05, 0.1) is 22.8 Å². The van der Waals surface area contributed by atoms with E-state index in [1.54, 1.807) is 6.92 Å². The Morgan fingerprint density at radius 1 is 1.19 bits per heavy atom. The molecule has 0 spiro atoms. The highest BCUT2D eigenvalue weighted by atomic mass is 16.3. The molecule has 0 aliphatic carbocycles. The number of H-pyrrole nitrogens is 1. The maximum Gasteiger partial charge on any atom is 0.0938 e. The molecule has 3 heteroatoms. The molecule has 0 aliphatic heterocycles. The maximum absolute atomic E-state index is 9.72. The van der Waals surface area contributed by atoms with Crippen molar-refractivity contribution in [1.82, 2.24) is 9.97 Å². The second kappa shape index (κ2) is 3.32. The molecular weight excluding hydrogens is 200 g/mol. The van der Waals surface area contributed by atoms with Crippen molar-refractivity contribution < 1.29 is 5.11 Å². The summed E-state index contributed by atoms with van der Waals surface area (Å²) in [6, 6.07) is 9.90. The van der Waals surface area contributed by atoms with Gasteiger partial charge >= 0.3 is 0 Å². The number of hydrogen-bond donors (Lipinski definition) is 2. The number of pyridine rings is 1. The summed E-state index contributed by atoms with van der Waals surface area (Å²) in [6.45, 7) is 1.74. The molecule has 3 rings (SSSR count). The number of rotatable bonds is 1. The summed E-state index contributed by atoms with van der Waals surface area (Å²) >= 11 is 0. The van der Waals surface area contributed by atoms with Gasteiger partial charge in [-0.25, -0.2) is 4.98 Å². The summed E-state index contributed by atoms with van der Waals surface area (Å²) in [5.41, 5.74) is 2.69. The van der Waals surface area contributed by atoms with Crippen LogP contribution in [0.25, 0.3) is 21.8 Å². The number of aromatic amines is 1. The van der Waals surface area contributed by atoms with Gasteiger partial charge in [-0.15, -0.1) is 0 Å². The number of benzene rings is 1. The van der Waals surface area contributed by atoms with Crippen LogP contribution in [0.2, 0.25) is 0 Å². The highest BCUT2D eigenvalue weighted by Crippen LogP contribution is 2.28. The number of nitrogens with zero attached hydrogens (tertiary/aromatic N) is 1. The minimum atomic E-state index is -0.553. The average molecular weight is 212 g/mol. The van der Waals surface area contributed by atoms with Crippen LogP contribution in [0, 0.1) is 0 Å². The van der Waals surface area contributed by atoms with E-state index in [4.69, 9.17) is 0 Å². The van der Waals surface area contributed by atoms with Crippen LogP contribution in [-0.2, 0) is 0 Å². The van der Waals surface area contributed by atoms with Gasteiger partial charge in [-0.05, 0) is 19.1 Å². The summed E-state index contributed by atoms with van der Waals surface area (Å²) < 4.78 is 0. The molecule has 0 fully saturated rings. The van der Waals surface area contributed by atoms with Gasteiger partial charge in [0.15, 0.2) is 0 Å². The van der Waals surface area contributed by atoms with Crippen molar-refractivity contribution in [3.8, 4) is 0 Å². The Bertz CT molecular complexity index is 655. The Kier molecular flexibility index (Phi) is 1.94. The second-order valence-electron chi connectivity index (χ2n) is 3.96. The molecule has 3 nitrogen and oxygen atoms in total. The first kappa shape index (κ1) is 9.36. The zero-order valence-electron chi connectivity index (χ0n) is 8.94. The molecule has 0 aliphatic rings. The van der Waals surface area contributed by atoms with E-state index >= 15 is 0 Å². The van der Waals surface area contributed by atoms with E-state index in [0.717, 1.165) is 27.5 Å². The number of fused-ring (bicyclic) bond motifs is 3. The zero-order chi connectivity index (χ0) is 11.1. The van der Waals surface area contributed by atoms with Gasteiger partial charge in [0.1, 0.15) is 0 Å². The lowest BCUT2D eigenvalue weighted by molar-refractivity contribution is 0.196. The van der Waals surface area contributed by atoms with Crippen LogP contribution in [0.3, 0.4) is 0 Å². The predicted octanol–water partition coefficient (Wildman–Crippen LogP) is 2.77. The topological polar surface area (TPSA) is 48.9 Å². The third-order valence-electron chi connectivity index (χ3n) is 2.83. The van der Waals surface area contributed by atoms with Crippen LogP contribution in [0.1, 0.15) is 18.7 Å². The molecule has 1 aromatic carbocycles. The Hall–Kier alpha value is -1.87. The number of nitrogens with one attached hydrogen (secondary N) is 1. The van der Waals surface area contributed by atoms with Crippen molar-refractivity contribution in [2.75, 3.05) is 0 Å². The highest BCUT2D eigenvalue weighted by Gasteiger charge is 2.12. The van der Waals surface area contributed by atoms with E-state index in [0.29, 0.717) is 0 Å². The van der Waals surface area contributed by atoms with E-state index in [9.17, 15) is 5.11 Å². The predicted molar refractivity (Wildman–Crippen MR) is 64.2 cm³/mol. The fourth-order valence-electron chi connectivity index (χ4n) is 2.10. The number of para-hydroxylation sites is 1. The van der Waals surface area contributed by atoms with Gasteiger partial charge in [0, 0.05) is 17.0 Å². The first-order valence-electron chi connectivity index (χ1n) is 5.31. The molecular formula is C13H12N2O. The lowest BCUT2D eigenvalue weighted by Gasteiger charge is -2.08. The second-order valence-corrected chi connectivity index (χ2v) is 3.96. The van der Waals surface area contributed by atoms with E-state index in [2.05, 4.69) is 9.97 Å². The van der Waals surface area contributed by atoms with Crippen LogP contribution in [0.4, 0.5) is 0 Å². The Morgan fingerprint density at radius 2 is 2.00 bits per heavy atom. The van der Waals surface area contributed by atoms with Crippen molar-refractivity contribution in [2.45, 2.75) is 13.0 Å². The van der Waals surface area contributed by atoms with Gasteiger partial charge in [-0.1, -0.05) is 18.2 Å². The standard InChI is InChI=1S/C13H12N2O/c1-8(16)12-10-6-7-14-13(10)9-4-2-3-5-11(9)15-12/h2-8,14,16H,1H3. The summed E-state index contributed by atoms with van der Waals surface area (Å²) in [7, 11) is 0. The Balaban J connectivity index is 2.53. The van der Waals surface area contributed by atoms with Gasteiger partial charge in [0.25, 0.3) is 0 Å². The van der Waals surface area contributed by atoms with E-state index < -0.39 is 6.10 Å². The molecule has 1 unspecified atom stereocenters. The van der Waals surface area contributed by atoms with Crippen LogP contribution in [0.5, 0.6) is 0 Å². The van der Waals surface area contributed by atoms with Gasteiger partial charge in [0.2, 0.25) is 0 Å². The molecule has 0 radical (unpaired) electrons. The molecule has 0 saturated heterocycles. The summed E-state index contributed by atoms with van der Waals surface area (Å²) in [5.74, 6) is 0. The van der Waals surface area contributed by atoms with Gasteiger partial charge < -0.3 is 10.1 Å². The maximum atomic E-state index is 9.72. The normalized spacial score (nSPS) is 13.4. The average Bonchev–Trinajstić information content (AvgIpc) is 2.76. The van der Waals surface area contributed by atoms with Crippen molar-refractivity contribution in [3.63, 3.8) is 0 Å².